The number of carboxylic acids is 1. The summed E-state index contributed by atoms with van der Waals surface area (Å²) in [5.74, 6) is -1.69. The van der Waals surface area contributed by atoms with Gasteiger partial charge in [0.05, 0.1) is 5.56 Å². The number of aromatic amines is 1. The van der Waals surface area contributed by atoms with Crippen molar-refractivity contribution in [2.45, 2.75) is 0 Å². The lowest BCUT2D eigenvalue weighted by molar-refractivity contribution is 0.0691. The van der Waals surface area contributed by atoms with Gasteiger partial charge in [0.15, 0.2) is 5.78 Å². The Morgan fingerprint density at radius 3 is 2.47 bits per heavy atom. The lowest BCUT2D eigenvalue weighted by Crippen LogP contribution is -2.00. The molecule has 0 fully saturated rings. The summed E-state index contributed by atoms with van der Waals surface area (Å²) in [6.45, 7) is 0. The van der Waals surface area contributed by atoms with Crippen LogP contribution in [0.1, 0.15) is 26.4 Å². The number of carbonyl (C=O) groups excluding carboxylic acids is 1. The average Bonchev–Trinajstić information content (AvgIpc) is 2.78. The van der Waals surface area contributed by atoms with Crippen LogP contribution < -0.4 is 0 Å². The largest absolute Gasteiger partial charge is 0.507 e. The van der Waals surface area contributed by atoms with Gasteiger partial charge >= 0.3 is 5.97 Å². The SMILES string of the molecule is O=C(O)c1cc(C(=O)c2ccccc2O)c[nH]1. The van der Waals surface area contributed by atoms with Gasteiger partial charge in [-0.15, -0.1) is 0 Å². The van der Waals surface area contributed by atoms with Crippen molar-refractivity contribution >= 4 is 11.8 Å². The third-order valence-electron chi connectivity index (χ3n) is 2.32. The fraction of sp³-hybridized carbons (Fsp3) is 0. The molecule has 1 aromatic heterocycles. The lowest BCUT2D eigenvalue weighted by atomic mass is 10.1. The molecule has 17 heavy (non-hydrogen) atoms. The van der Waals surface area contributed by atoms with Crippen LogP contribution in [0.5, 0.6) is 5.75 Å². The van der Waals surface area contributed by atoms with Crippen molar-refractivity contribution in [1.82, 2.24) is 4.98 Å². The number of aromatic carboxylic acids is 1. The molecule has 3 N–H and O–H groups in total. The fourth-order valence-electron chi connectivity index (χ4n) is 1.47. The molecule has 0 radical (unpaired) electrons. The highest BCUT2D eigenvalue weighted by molar-refractivity contribution is 6.11. The minimum Gasteiger partial charge on any atom is -0.507 e. The van der Waals surface area contributed by atoms with E-state index >= 15 is 0 Å². The molecule has 5 heteroatoms. The zero-order valence-electron chi connectivity index (χ0n) is 8.68. The fourth-order valence-corrected chi connectivity index (χ4v) is 1.47. The quantitative estimate of drug-likeness (QED) is 0.700. The Hall–Kier alpha value is -2.56. The van der Waals surface area contributed by atoms with E-state index in [1.807, 2.05) is 0 Å². The molecule has 0 saturated carbocycles. The number of phenols is 1. The highest BCUT2D eigenvalue weighted by Crippen LogP contribution is 2.20. The topological polar surface area (TPSA) is 90.4 Å². The molecule has 0 spiro atoms. The maximum atomic E-state index is 11.9. The van der Waals surface area contributed by atoms with Crippen LogP contribution in [0.2, 0.25) is 0 Å². The Balaban J connectivity index is 2.37. The molecule has 2 rings (SSSR count). The first-order valence-corrected chi connectivity index (χ1v) is 4.84. The number of H-pyrrole nitrogens is 1. The van der Waals surface area contributed by atoms with Gasteiger partial charge in [-0.1, -0.05) is 12.1 Å². The molecule has 86 valence electrons. The zero-order chi connectivity index (χ0) is 12.4. The summed E-state index contributed by atoms with van der Waals surface area (Å²) in [6, 6.07) is 7.34. The van der Waals surface area contributed by atoms with Crippen molar-refractivity contribution in [1.29, 1.82) is 0 Å². The maximum Gasteiger partial charge on any atom is 0.352 e. The van der Waals surface area contributed by atoms with E-state index in [1.54, 1.807) is 12.1 Å². The van der Waals surface area contributed by atoms with Crippen molar-refractivity contribution in [2.24, 2.45) is 0 Å². The van der Waals surface area contributed by atoms with Gasteiger partial charge in [-0.3, -0.25) is 4.79 Å². The second-order valence-electron chi connectivity index (χ2n) is 3.45. The molecule has 0 aliphatic heterocycles. The molecule has 0 aliphatic rings. The Labute approximate surface area is 96.3 Å². The lowest BCUT2D eigenvalue weighted by Gasteiger charge is -2.00. The van der Waals surface area contributed by atoms with Crippen molar-refractivity contribution in [2.75, 3.05) is 0 Å². The second-order valence-corrected chi connectivity index (χ2v) is 3.45. The molecule has 0 bridgehead atoms. The van der Waals surface area contributed by atoms with Crippen LogP contribution in [-0.2, 0) is 0 Å². The number of benzene rings is 1. The van der Waals surface area contributed by atoms with Crippen LogP contribution in [0.15, 0.2) is 36.5 Å². The molecule has 0 amide bonds. The number of hydrogen-bond acceptors (Lipinski definition) is 3. The molecule has 0 saturated heterocycles. The zero-order valence-corrected chi connectivity index (χ0v) is 8.68. The van der Waals surface area contributed by atoms with E-state index < -0.39 is 11.8 Å². The van der Waals surface area contributed by atoms with Gasteiger partial charge in [0.1, 0.15) is 11.4 Å². The summed E-state index contributed by atoms with van der Waals surface area (Å²) in [6.07, 6.45) is 1.30. The molecule has 0 atom stereocenters. The van der Waals surface area contributed by atoms with Crippen LogP contribution >= 0.6 is 0 Å². The van der Waals surface area contributed by atoms with Crippen molar-refractivity contribution in [3.05, 3.63) is 53.3 Å². The van der Waals surface area contributed by atoms with E-state index in [4.69, 9.17) is 5.11 Å². The van der Waals surface area contributed by atoms with Crippen LogP contribution in [-0.4, -0.2) is 26.9 Å². The molecule has 2 aromatic rings. The van der Waals surface area contributed by atoms with Crippen molar-refractivity contribution < 1.29 is 19.8 Å². The van der Waals surface area contributed by atoms with Gasteiger partial charge in [0.2, 0.25) is 0 Å². The van der Waals surface area contributed by atoms with Gasteiger partial charge in [-0.05, 0) is 18.2 Å². The molecule has 0 aliphatic carbocycles. The highest BCUT2D eigenvalue weighted by Gasteiger charge is 2.16. The van der Waals surface area contributed by atoms with Gasteiger partial charge in [0, 0.05) is 11.8 Å². The monoisotopic (exact) mass is 231 g/mol. The summed E-state index contributed by atoms with van der Waals surface area (Å²) in [7, 11) is 0. The first-order chi connectivity index (χ1) is 8.09. The normalized spacial score (nSPS) is 10.1. The Morgan fingerprint density at radius 2 is 1.88 bits per heavy atom. The molecular formula is C12H9NO4. The van der Waals surface area contributed by atoms with Crippen LogP contribution in [0.25, 0.3) is 0 Å². The predicted octanol–water partition coefficient (Wildman–Crippen LogP) is 1.65. The smallest absolute Gasteiger partial charge is 0.352 e. The first kappa shape index (κ1) is 10.9. The average molecular weight is 231 g/mol. The minimum atomic E-state index is -1.14. The van der Waals surface area contributed by atoms with Crippen molar-refractivity contribution in [3.8, 4) is 5.75 Å². The summed E-state index contributed by atoms with van der Waals surface area (Å²) >= 11 is 0. The van der Waals surface area contributed by atoms with E-state index in [1.165, 1.54) is 24.4 Å². The van der Waals surface area contributed by atoms with Gasteiger partial charge in [0.25, 0.3) is 0 Å². The summed E-state index contributed by atoms with van der Waals surface area (Å²) in [5.41, 5.74) is 0.274. The van der Waals surface area contributed by atoms with Crippen molar-refractivity contribution in [3.63, 3.8) is 0 Å². The van der Waals surface area contributed by atoms with Gasteiger partial charge in [-0.25, -0.2) is 4.79 Å². The number of aromatic nitrogens is 1. The second kappa shape index (κ2) is 4.13. The number of rotatable bonds is 3. The number of ketones is 1. The third kappa shape index (κ3) is 2.03. The molecule has 1 heterocycles. The maximum absolute atomic E-state index is 11.9. The summed E-state index contributed by atoms with van der Waals surface area (Å²) in [4.78, 5) is 25.1. The molecular weight excluding hydrogens is 222 g/mol. The summed E-state index contributed by atoms with van der Waals surface area (Å²) < 4.78 is 0. The number of aromatic hydroxyl groups is 1. The van der Waals surface area contributed by atoms with Crippen LogP contribution in [0, 0.1) is 0 Å². The number of carbonyl (C=O) groups is 2. The summed E-state index contributed by atoms with van der Waals surface area (Å²) in [5, 5.41) is 18.2. The third-order valence-corrected chi connectivity index (χ3v) is 2.32. The number of phenolic OH excluding ortho intramolecular Hbond substituents is 1. The van der Waals surface area contributed by atoms with E-state index in [-0.39, 0.29) is 22.6 Å². The Kier molecular flexibility index (Phi) is 2.66. The number of para-hydroxylation sites is 1. The van der Waals surface area contributed by atoms with Gasteiger partial charge in [-0.2, -0.15) is 0 Å². The number of nitrogens with one attached hydrogen (secondary N) is 1. The minimum absolute atomic E-state index is 0.0660. The molecule has 1 aromatic carbocycles. The van der Waals surface area contributed by atoms with E-state index in [0.717, 1.165) is 0 Å². The number of hydrogen-bond donors (Lipinski definition) is 3. The standard InChI is InChI=1S/C12H9NO4/c14-10-4-2-1-3-8(10)11(15)7-5-9(12(16)17)13-6-7/h1-6,13-14H,(H,16,17). The van der Waals surface area contributed by atoms with Crippen LogP contribution in [0.4, 0.5) is 0 Å². The van der Waals surface area contributed by atoms with E-state index in [2.05, 4.69) is 4.98 Å². The number of carboxylic acid groups (broad SMARTS) is 1. The predicted molar refractivity (Wildman–Crippen MR) is 59.3 cm³/mol. The van der Waals surface area contributed by atoms with Gasteiger partial charge < -0.3 is 15.2 Å². The van der Waals surface area contributed by atoms with Crippen LogP contribution in [0.3, 0.4) is 0 Å². The van der Waals surface area contributed by atoms with E-state index in [9.17, 15) is 14.7 Å². The molecule has 5 nitrogen and oxygen atoms in total. The highest BCUT2D eigenvalue weighted by atomic mass is 16.4. The Bertz CT molecular complexity index is 586. The Morgan fingerprint density at radius 1 is 1.18 bits per heavy atom. The molecule has 0 unspecified atom stereocenters. The first-order valence-electron chi connectivity index (χ1n) is 4.84. The van der Waals surface area contributed by atoms with E-state index in [0.29, 0.717) is 0 Å².